The van der Waals surface area contributed by atoms with Gasteiger partial charge in [-0.3, -0.25) is 9.59 Å². The zero-order valence-electron chi connectivity index (χ0n) is 32.9. The summed E-state index contributed by atoms with van der Waals surface area (Å²) in [5.74, 6) is 1.14. The molecule has 286 valence electrons. The second kappa shape index (κ2) is 18.2. The van der Waals surface area contributed by atoms with Crippen LogP contribution in [0.15, 0.2) is 133 Å². The first-order valence-corrected chi connectivity index (χ1v) is 18.6. The van der Waals surface area contributed by atoms with Crippen molar-refractivity contribution >= 4 is 46.1 Å². The van der Waals surface area contributed by atoms with Gasteiger partial charge in [0.2, 0.25) is 0 Å². The van der Waals surface area contributed by atoms with Gasteiger partial charge in [0.25, 0.3) is 0 Å². The summed E-state index contributed by atoms with van der Waals surface area (Å²) in [6.45, 7) is 4.28. The Balaban J connectivity index is 1.32. The van der Waals surface area contributed by atoms with Gasteiger partial charge in [-0.25, -0.2) is 0 Å². The molecular formula is C48H48N2O6. The normalized spacial score (nSPS) is 10.8. The maximum absolute atomic E-state index is 11.7. The number of anilines is 6. The van der Waals surface area contributed by atoms with Crippen LogP contribution in [0.1, 0.15) is 35.1 Å². The molecule has 0 bridgehead atoms. The van der Waals surface area contributed by atoms with E-state index in [0.717, 1.165) is 79.0 Å². The third kappa shape index (κ3) is 9.21. The van der Waals surface area contributed by atoms with Gasteiger partial charge >= 0.3 is 11.9 Å². The predicted molar refractivity (Wildman–Crippen MR) is 224 cm³/mol. The lowest BCUT2D eigenvalue weighted by Gasteiger charge is -2.28. The van der Waals surface area contributed by atoms with E-state index in [1.165, 1.54) is 14.2 Å². The Morgan fingerprint density at radius 2 is 0.768 bits per heavy atom. The summed E-state index contributed by atoms with van der Waals surface area (Å²) in [5.41, 5.74) is 12.7. The third-order valence-corrected chi connectivity index (χ3v) is 9.95. The summed E-state index contributed by atoms with van der Waals surface area (Å²) in [6, 6.07) is 45.9. The van der Waals surface area contributed by atoms with Crippen molar-refractivity contribution in [1.82, 2.24) is 0 Å². The quantitative estimate of drug-likeness (QED) is 0.0961. The number of nitrogens with zero attached hydrogens (tertiary/aromatic N) is 2. The Labute approximate surface area is 329 Å². The first-order chi connectivity index (χ1) is 27.2. The van der Waals surface area contributed by atoms with Gasteiger partial charge in [-0.2, -0.15) is 0 Å². The van der Waals surface area contributed by atoms with Crippen molar-refractivity contribution in [3.05, 3.63) is 156 Å². The number of carbonyl (C=O) groups is 2. The van der Waals surface area contributed by atoms with Crippen LogP contribution in [-0.4, -0.2) is 40.4 Å². The fraction of sp³-hybridized carbons (Fsp3) is 0.208. The summed E-state index contributed by atoms with van der Waals surface area (Å²) >= 11 is 0. The number of carbonyl (C=O) groups excluding carboxylic acids is 2. The van der Waals surface area contributed by atoms with E-state index in [2.05, 4.69) is 133 Å². The third-order valence-electron chi connectivity index (χ3n) is 9.95. The van der Waals surface area contributed by atoms with Gasteiger partial charge in [0, 0.05) is 47.0 Å². The molecule has 8 nitrogen and oxygen atoms in total. The van der Waals surface area contributed by atoms with E-state index in [4.69, 9.17) is 18.9 Å². The maximum Gasteiger partial charge on any atom is 0.305 e. The molecule has 0 unspecified atom stereocenters. The Kier molecular flexibility index (Phi) is 12.7. The fourth-order valence-corrected chi connectivity index (χ4v) is 6.81. The summed E-state index contributed by atoms with van der Waals surface area (Å²) < 4.78 is 20.6. The van der Waals surface area contributed by atoms with Gasteiger partial charge in [0.15, 0.2) is 0 Å². The van der Waals surface area contributed by atoms with E-state index in [-0.39, 0.29) is 11.9 Å². The van der Waals surface area contributed by atoms with Crippen molar-refractivity contribution in [1.29, 1.82) is 0 Å². The Morgan fingerprint density at radius 3 is 1.05 bits per heavy atom. The van der Waals surface area contributed by atoms with Gasteiger partial charge in [-0.15, -0.1) is 0 Å². The number of ether oxygens (including phenoxy) is 4. The molecule has 6 rings (SSSR count). The van der Waals surface area contributed by atoms with E-state index in [0.29, 0.717) is 25.7 Å². The SMILES string of the molecule is COC(=O)CCc1ccc(N(c2ccc(OC)cc2)c2ccc(-c3ccc(N(c4ccc(CCC(=O)OC)cc4)c4ccc(OC)cc4)c(C)c3)cc2C)cc1. The Hall–Kier alpha value is -6.54. The van der Waals surface area contributed by atoms with Crippen LogP contribution in [0, 0.1) is 13.8 Å². The van der Waals surface area contributed by atoms with E-state index in [1.807, 2.05) is 24.3 Å². The lowest BCUT2D eigenvalue weighted by Crippen LogP contribution is -2.12. The first kappa shape index (κ1) is 39.2. The van der Waals surface area contributed by atoms with Crippen LogP contribution in [-0.2, 0) is 31.9 Å². The monoisotopic (exact) mass is 748 g/mol. The molecule has 6 aromatic carbocycles. The van der Waals surface area contributed by atoms with Crippen molar-refractivity contribution in [3.63, 3.8) is 0 Å². The van der Waals surface area contributed by atoms with Gasteiger partial charge in [0.05, 0.1) is 28.4 Å². The average molecular weight is 749 g/mol. The highest BCUT2D eigenvalue weighted by molar-refractivity contribution is 5.83. The van der Waals surface area contributed by atoms with Crippen LogP contribution in [0.4, 0.5) is 34.1 Å². The number of methoxy groups -OCH3 is 4. The topological polar surface area (TPSA) is 77.5 Å². The minimum atomic E-state index is -0.219. The average Bonchev–Trinajstić information content (AvgIpc) is 3.24. The number of benzene rings is 6. The minimum absolute atomic E-state index is 0.219. The van der Waals surface area contributed by atoms with Crippen molar-refractivity contribution in [2.75, 3.05) is 38.2 Å². The lowest BCUT2D eigenvalue weighted by atomic mass is 9.98. The van der Waals surface area contributed by atoms with E-state index >= 15 is 0 Å². The number of hydrogen-bond acceptors (Lipinski definition) is 8. The molecule has 0 aliphatic heterocycles. The van der Waals surface area contributed by atoms with Crippen LogP contribution in [0.2, 0.25) is 0 Å². The summed E-state index contributed by atoms with van der Waals surface area (Å²) in [7, 11) is 6.17. The highest BCUT2D eigenvalue weighted by atomic mass is 16.5. The van der Waals surface area contributed by atoms with E-state index < -0.39 is 0 Å². The van der Waals surface area contributed by atoms with Gasteiger partial charge in [-0.05, 0) is 157 Å². The molecule has 0 spiro atoms. The Morgan fingerprint density at radius 1 is 0.446 bits per heavy atom. The summed E-state index contributed by atoms with van der Waals surface area (Å²) in [6.07, 6.45) is 1.91. The minimum Gasteiger partial charge on any atom is -0.497 e. The van der Waals surface area contributed by atoms with E-state index in [1.54, 1.807) is 14.2 Å². The molecule has 0 radical (unpaired) electrons. The molecule has 0 atom stereocenters. The molecule has 0 aromatic heterocycles. The van der Waals surface area contributed by atoms with E-state index in [9.17, 15) is 9.59 Å². The molecule has 0 amide bonds. The predicted octanol–water partition coefficient (Wildman–Crippen LogP) is 11.1. The van der Waals surface area contributed by atoms with Crippen LogP contribution in [0.5, 0.6) is 11.5 Å². The number of hydrogen-bond donors (Lipinski definition) is 0. The number of esters is 2. The highest BCUT2D eigenvalue weighted by Gasteiger charge is 2.19. The second-order valence-corrected chi connectivity index (χ2v) is 13.6. The molecule has 6 aromatic rings. The second-order valence-electron chi connectivity index (χ2n) is 13.6. The van der Waals surface area contributed by atoms with Crippen molar-refractivity contribution in [2.45, 2.75) is 39.5 Å². The zero-order valence-corrected chi connectivity index (χ0v) is 32.9. The lowest BCUT2D eigenvalue weighted by molar-refractivity contribution is -0.141. The summed E-state index contributed by atoms with van der Waals surface area (Å²) in [5, 5.41) is 0. The standard InChI is InChI=1S/C48H48N2O6/c1-33-31-37(13-27-45(33)49(41-19-23-43(53-3)24-20-41)39-15-7-35(8-16-39)11-29-47(51)55-5)38-14-28-46(34(2)32-38)50(42-21-25-44(54-4)26-22-42)40-17-9-36(10-18-40)12-30-48(52)56-6/h7-10,13-28,31-32H,11-12,29-30H2,1-6H3. The van der Waals surface area contributed by atoms with Gasteiger partial charge in [0.1, 0.15) is 11.5 Å². The van der Waals surface area contributed by atoms with Crippen molar-refractivity contribution in [3.8, 4) is 22.6 Å². The first-order valence-electron chi connectivity index (χ1n) is 18.6. The molecule has 0 aliphatic carbocycles. The van der Waals surface area contributed by atoms with Crippen LogP contribution in [0.3, 0.4) is 0 Å². The molecule has 0 fully saturated rings. The highest BCUT2D eigenvalue weighted by Crippen LogP contribution is 2.41. The van der Waals surface area contributed by atoms with Crippen molar-refractivity contribution < 1.29 is 28.5 Å². The molecule has 8 heteroatoms. The molecule has 0 heterocycles. The number of aryl methyl sites for hydroxylation is 4. The number of rotatable bonds is 15. The largest absolute Gasteiger partial charge is 0.497 e. The van der Waals surface area contributed by atoms with Crippen LogP contribution in [0.25, 0.3) is 11.1 Å². The van der Waals surface area contributed by atoms with Crippen molar-refractivity contribution in [2.24, 2.45) is 0 Å². The van der Waals surface area contributed by atoms with Crippen LogP contribution >= 0.6 is 0 Å². The zero-order chi connectivity index (χ0) is 39.6. The van der Waals surface area contributed by atoms with Gasteiger partial charge in [-0.1, -0.05) is 36.4 Å². The molecular weight excluding hydrogens is 701 g/mol. The molecule has 56 heavy (non-hydrogen) atoms. The molecule has 0 saturated heterocycles. The Bertz CT molecular complexity index is 2090. The fourth-order valence-electron chi connectivity index (χ4n) is 6.81. The smallest absolute Gasteiger partial charge is 0.305 e. The molecule has 0 aliphatic rings. The van der Waals surface area contributed by atoms with Crippen LogP contribution < -0.4 is 19.3 Å². The van der Waals surface area contributed by atoms with Gasteiger partial charge < -0.3 is 28.7 Å². The molecule has 0 N–H and O–H groups in total. The maximum atomic E-state index is 11.7. The molecule has 0 saturated carbocycles. The summed E-state index contributed by atoms with van der Waals surface area (Å²) in [4.78, 5) is 28.0.